The average Bonchev–Trinajstić information content (AvgIpc) is 3.25. The maximum absolute atomic E-state index is 12.6. The zero-order valence-corrected chi connectivity index (χ0v) is 16.6. The molecule has 10 heteroatoms. The SMILES string of the molecule is CCCC(=O)Nc1cc(C)nn1-c1nc2c(cnn2-c2cccc(Cl)c2)c(=O)[nH]1. The number of nitrogens with zero attached hydrogens (tertiary/aromatic N) is 5. The van der Waals surface area contributed by atoms with E-state index in [4.69, 9.17) is 11.6 Å². The zero-order chi connectivity index (χ0) is 20.5. The normalized spacial score (nSPS) is 11.1. The van der Waals surface area contributed by atoms with E-state index in [1.165, 1.54) is 15.6 Å². The first-order chi connectivity index (χ1) is 14.0. The molecule has 3 aromatic heterocycles. The van der Waals surface area contributed by atoms with E-state index in [9.17, 15) is 9.59 Å². The summed E-state index contributed by atoms with van der Waals surface area (Å²) in [6.07, 6.45) is 2.55. The van der Waals surface area contributed by atoms with E-state index in [1.807, 2.05) is 13.0 Å². The maximum Gasteiger partial charge on any atom is 0.263 e. The Balaban J connectivity index is 1.85. The molecule has 0 aliphatic rings. The number of H-pyrrole nitrogens is 1. The number of carbonyl (C=O) groups excluding carboxylic acids is 1. The topological polar surface area (TPSA) is 110 Å². The first-order valence-electron chi connectivity index (χ1n) is 9.07. The number of hydrogen-bond donors (Lipinski definition) is 2. The van der Waals surface area contributed by atoms with Gasteiger partial charge in [-0.2, -0.15) is 19.9 Å². The number of amides is 1. The highest BCUT2D eigenvalue weighted by Crippen LogP contribution is 2.20. The van der Waals surface area contributed by atoms with Crippen LogP contribution >= 0.6 is 11.6 Å². The number of anilines is 1. The van der Waals surface area contributed by atoms with Gasteiger partial charge in [0.25, 0.3) is 5.56 Å². The second kappa shape index (κ2) is 7.51. The van der Waals surface area contributed by atoms with Crippen LogP contribution in [0.1, 0.15) is 25.5 Å². The smallest absolute Gasteiger partial charge is 0.263 e. The van der Waals surface area contributed by atoms with Crippen LogP contribution < -0.4 is 10.9 Å². The number of nitrogens with one attached hydrogen (secondary N) is 2. The molecule has 0 bridgehead atoms. The largest absolute Gasteiger partial charge is 0.310 e. The summed E-state index contributed by atoms with van der Waals surface area (Å²) in [6.45, 7) is 3.71. The van der Waals surface area contributed by atoms with Crippen molar-refractivity contribution in [3.05, 3.63) is 57.6 Å². The van der Waals surface area contributed by atoms with Crippen LogP contribution in [0.4, 0.5) is 5.82 Å². The number of benzene rings is 1. The molecule has 1 amide bonds. The van der Waals surface area contributed by atoms with Crippen LogP contribution in [0.25, 0.3) is 22.7 Å². The highest BCUT2D eigenvalue weighted by molar-refractivity contribution is 6.30. The van der Waals surface area contributed by atoms with Gasteiger partial charge in [0.2, 0.25) is 11.9 Å². The molecule has 0 unspecified atom stereocenters. The predicted octanol–water partition coefficient (Wildman–Crippen LogP) is 2.99. The molecule has 0 aliphatic heterocycles. The Kier molecular flexibility index (Phi) is 4.89. The maximum atomic E-state index is 12.6. The fourth-order valence-corrected chi connectivity index (χ4v) is 3.17. The van der Waals surface area contributed by atoms with Gasteiger partial charge in [0, 0.05) is 17.5 Å². The van der Waals surface area contributed by atoms with Crippen molar-refractivity contribution in [3.63, 3.8) is 0 Å². The lowest BCUT2D eigenvalue weighted by molar-refractivity contribution is -0.116. The highest BCUT2D eigenvalue weighted by Gasteiger charge is 2.16. The molecule has 0 radical (unpaired) electrons. The fourth-order valence-electron chi connectivity index (χ4n) is 2.99. The van der Waals surface area contributed by atoms with Gasteiger partial charge in [-0.05, 0) is 31.5 Å². The van der Waals surface area contributed by atoms with Crippen molar-refractivity contribution >= 4 is 34.4 Å². The molecule has 4 rings (SSSR count). The van der Waals surface area contributed by atoms with Crippen molar-refractivity contribution in [2.24, 2.45) is 0 Å². The van der Waals surface area contributed by atoms with Gasteiger partial charge < -0.3 is 5.32 Å². The number of aryl methyl sites for hydroxylation is 1. The van der Waals surface area contributed by atoms with E-state index in [0.717, 1.165) is 6.42 Å². The first kappa shape index (κ1) is 18.9. The number of carbonyl (C=O) groups is 1. The molecule has 148 valence electrons. The van der Waals surface area contributed by atoms with Crippen LogP contribution in [0.5, 0.6) is 0 Å². The van der Waals surface area contributed by atoms with E-state index in [-0.39, 0.29) is 17.4 Å². The van der Waals surface area contributed by atoms with Gasteiger partial charge in [-0.15, -0.1) is 0 Å². The lowest BCUT2D eigenvalue weighted by atomic mass is 10.3. The van der Waals surface area contributed by atoms with Crippen molar-refractivity contribution in [1.29, 1.82) is 0 Å². The fraction of sp³-hybridized carbons (Fsp3) is 0.211. The molecule has 9 nitrogen and oxygen atoms in total. The second-order valence-corrected chi connectivity index (χ2v) is 6.98. The molecule has 0 aliphatic carbocycles. The molecular weight excluding hydrogens is 394 g/mol. The van der Waals surface area contributed by atoms with Crippen molar-refractivity contribution in [1.82, 2.24) is 29.5 Å². The van der Waals surface area contributed by atoms with E-state index >= 15 is 0 Å². The Morgan fingerprint density at radius 1 is 1.28 bits per heavy atom. The van der Waals surface area contributed by atoms with Crippen LogP contribution in [0.2, 0.25) is 5.02 Å². The van der Waals surface area contributed by atoms with Crippen molar-refractivity contribution < 1.29 is 4.79 Å². The van der Waals surface area contributed by atoms with Crippen LogP contribution in [-0.4, -0.2) is 35.4 Å². The van der Waals surface area contributed by atoms with Crippen molar-refractivity contribution in [2.75, 3.05) is 5.32 Å². The number of halogens is 1. The van der Waals surface area contributed by atoms with E-state index in [2.05, 4.69) is 25.5 Å². The van der Waals surface area contributed by atoms with Crippen LogP contribution in [0.15, 0.2) is 41.3 Å². The molecule has 0 atom stereocenters. The molecule has 0 saturated carbocycles. The van der Waals surface area contributed by atoms with Gasteiger partial charge in [0.15, 0.2) is 5.65 Å². The third-order valence-electron chi connectivity index (χ3n) is 4.26. The summed E-state index contributed by atoms with van der Waals surface area (Å²) in [7, 11) is 0. The molecule has 0 spiro atoms. The molecule has 0 saturated heterocycles. The molecule has 2 N–H and O–H groups in total. The Morgan fingerprint density at radius 3 is 2.86 bits per heavy atom. The number of rotatable bonds is 5. The summed E-state index contributed by atoms with van der Waals surface area (Å²) in [5.41, 5.74) is 1.33. The Morgan fingerprint density at radius 2 is 2.10 bits per heavy atom. The zero-order valence-electron chi connectivity index (χ0n) is 15.8. The van der Waals surface area contributed by atoms with Crippen molar-refractivity contribution in [3.8, 4) is 11.6 Å². The third kappa shape index (κ3) is 3.64. The number of aromatic amines is 1. The number of aromatic nitrogens is 6. The van der Waals surface area contributed by atoms with Crippen LogP contribution in [-0.2, 0) is 4.79 Å². The summed E-state index contributed by atoms with van der Waals surface area (Å²) in [6, 6.07) is 8.80. The summed E-state index contributed by atoms with van der Waals surface area (Å²) in [5, 5.41) is 12.3. The van der Waals surface area contributed by atoms with E-state index in [0.29, 0.717) is 39.7 Å². The number of hydrogen-bond acceptors (Lipinski definition) is 5. The monoisotopic (exact) mass is 411 g/mol. The molecule has 1 aromatic carbocycles. The Labute approximate surface area is 170 Å². The van der Waals surface area contributed by atoms with Gasteiger partial charge in [0.1, 0.15) is 11.2 Å². The summed E-state index contributed by atoms with van der Waals surface area (Å²) >= 11 is 6.09. The highest BCUT2D eigenvalue weighted by atomic mass is 35.5. The molecule has 29 heavy (non-hydrogen) atoms. The summed E-state index contributed by atoms with van der Waals surface area (Å²) in [4.78, 5) is 31.9. The van der Waals surface area contributed by atoms with Gasteiger partial charge in [-0.25, -0.2) is 4.68 Å². The molecule has 3 heterocycles. The summed E-state index contributed by atoms with van der Waals surface area (Å²) < 4.78 is 2.94. The predicted molar refractivity (Wildman–Crippen MR) is 110 cm³/mol. The van der Waals surface area contributed by atoms with Gasteiger partial charge >= 0.3 is 0 Å². The Hall–Kier alpha value is -3.46. The molecule has 4 aromatic rings. The molecule has 0 fully saturated rings. The van der Waals surface area contributed by atoms with Crippen molar-refractivity contribution in [2.45, 2.75) is 26.7 Å². The minimum Gasteiger partial charge on any atom is -0.310 e. The quantitative estimate of drug-likeness (QED) is 0.524. The Bertz CT molecular complexity index is 1270. The van der Waals surface area contributed by atoms with Gasteiger partial charge in [0.05, 0.1) is 17.6 Å². The first-order valence-corrected chi connectivity index (χ1v) is 9.45. The lowest BCUT2D eigenvalue weighted by Gasteiger charge is -2.08. The third-order valence-corrected chi connectivity index (χ3v) is 4.49. The second-order valence-electron chi connectivity index (χ2n) is 6.54. The average molecular weight is 412 g/mol. The minimum atomic E-state index is -0.364. The van der Waals surface area contributed by atoms with E-state index < -0.39 is 0 Å². The lowest BCUT2D eigenvalue weighted by Crippen LogP contribution is -2.18. The van der Waals surface area contributed by atoms with Gasteiger partial charge in [-0.1, -0.05) is 24.6 Å². The van der Waals surface area contributed by atoms with E-state index in [1.54, 1.807) is 31.2 Å². The van der Waals surface area contributed by atoms with Crippen LogP contribution in [0, 0.1) is 6.92 Å². The minimum absolute atomic E-state index is 0.138. The van der Waals surface area contributed by atoms with Gasteiger partial charge in [-0.3, -0.25) is 14.6 Å². The molecular formula is C19H18ClN7O2. The number of fused-ring (bicyclic) bond motifs is 1. The standard InChI is InChI=1S/C19H18ClN7O2/c1-3-5-16(28)22-15-8-11(2)25-27(15)19-23-17-14(18(29)24-19)10-21-26(17)13-7-4-6-12(20)9-13/h4,6-10H,3,5H2,1-2H3,(H,22,28)(H,23,24,29). The van der Waals surface area contributed by atoms with Crippen LogP contribution in [0.3, 0.4) is 0 Å². The summed E-state index contributed by atoms with van der Waals surface area (Å²) in [5.74, 6) is 0.462.